The molecular formula is C26H28FN5O6S. The van der Waals surface area contributed by atoms with Crippen molar-refractivity contribution in [2.45, 2.75) is 25.0 Å². The molecule has 206 valence electrons. The van der Waals surface area contributed by atoms with Gasteiger partial charge in [0.05, 0.1) is 31.7 Å². The van der Waals surface area contributed by atoms with Gasteiger partial charge in [-0.15, -0.1) is 0 Å². The molecule has 3 amide bonds. The second-order valence-corrected chi connectivity index (χ2v) is 9.46. The summed E-state index contributed by atoms with van der Waals surface area (Å²) < 4.78 is 34.3. The van der Waals surface area contributed by atoms with Crippen molar-refractivity contribution in [2.24, 2.45) is 5.73 Å². The average Bonchev–Trinajstić information content (AvgIpc) is 3.60. The molecule has 4 rings (SSSR count). The highest BCUT2D eigenvalue weighted by molar-refractivity contribution is 7.09. The van der Waals surface area contributed by atoms with Gasteiger partial charge in [-0.25, -0.2) is 4.39 Å². The smallest absolute Gasteiger partial charge is 0.273 e. The first-order valence-corrected chi connectivity index (χ1v) is 12.8. The first-order valence-electron chi connectivity index (χ1n) is 12.0. The number of primary amides is 1. The zero-order valence-corrected chi connectivity index (χ0v) is 22.1. The quantitative estimate of drug-likeness (QED) is 0.343. The molecule has 1 saturated heterocycles. The van der Waals surface area contributed by atoms with Crippen molar-refractivity contribution < 1.29 is 33.0 Å². The minimum Gasteiger partial charge on any atom is -0.497 e. The van der Waals surface area contributed by atoms with Crippen LogP contribution in [0.1, 0.15) is 44.6 Å². The minimum atomic E-state index is -1.31. The van der Waals surface area contributed by atoms with Gasteiger partial charge in [0.1, 0.15) is 28.2 Å². The standard InChI is InChI=1S/C26H28FN5O6S/c1-36-16-9-10-18(19(12-16)37-2)32(26(35)23-20(28)21(24(29)33)31-39-23)22(14-5-7-15(27)8-6-14)25(34)30-13-17-4-3-11-38-17/h5-10,12,17,22H,3-4,11,13,28H2,1-2H3,(H2,29,33)(H,30,34). The lowest BCUT2D eigenvalue weighted by Gasteiger charge is -2.32. The molecule has 1 aliphatic rings. The van der Waals surface area contributed by atoms with Gasteiger partial charge >= 0.3 is 0 Å². The van der Waals surface area contributed by atoms with Crippen LogP contribution in [-0.2, 0) is 9.53 Å². The van der Waals surface area contributed by atoms with E-state index in [1.807, 2.05) is 0 Å². The molecule has 1 fully saturated rings. The van der Waals surface area contributed by atoms with Crippen LogP contribution in [0, 0.1) is 5.82 Å². The molecule has 5 N–H and O–H groups in total. The molecule has 2 aromatic carbocycles. The van der Waals surface area contributed by atoms with Gasteiger partial charge in [-0.05, 0) is 54.2 Å². The fraction of sp³-hybridized carbons (Fsp3) is 0.308. The Morgan fingerprint density at radius 3 is 2.54 bits per heavy atom. The summed E-state index contributed by atoms with van der Waals surface area (Å²) in [5, 5.41) is 2.86. The van der Waals surface area contributed by atoms with Gasteiger partial charge < -0.3 is 31.0 Å². The van der Waals surface area contributed by atoms with Crippen LogP contribution in [0.3, 0.4) is 0 Å². The summed E-state index contributed by atoms with van der Waals surface area (Å²) in [6.45, 7) is 0.815. The molecule has 0 radical (unpaired) electrons. The van der Waals surface area contributed by atoms with Crippen molar-refractivity contribution in [3.05, 3.63) is 64.4 Å². The number of benzene rings is 2. The van der Waals surface area contributed by atoms with E-state index in [2.05, 4.69) is 9.69 Å². The number of halogens is 1. The van der Waals surface area contributed by atoms with Gasteiger partial charge in [0.25, 0.3) is 11.8 Å². The van der Waals surface area contributed by atoms with Gasteiger partial charge in [0.15, 0.2) is 5.69 Å². The second kappa shape index (κ2) is 12.1. The molecule has 0 bridgehead atoms. The SMILES string of the molecule is COc1ccc(N(C(=O)c2snc(C(N)=O)c2N)C(C(=O)NCC2CCCO2)c2ccc(F)cc2)c(OC)c1. The Balaban J connectivity index is 1.87. The number of ether oxygens (including phenoxy) is 3. The predicted molar refractivity (Wildman–Crippen MR) is 143 cm³/mol. The van der Waals surface area contributed by atoms with Crippen LogP contribution >= 0.6 is 11.5 Å². The van der Waals surface area contributed by atoms with E-state index in [4.69, 9.17) is 25.7 Å². The maximum atomic E-state index is 14.2. The van der Waals surface area contributed by atoms with Crippen LogP contribution < -0.4 is 31.2 Å². The van der Waals surface area contributed by atoms with Gasteiger partial charge in [-0.2, -0.15) is 4.37 Å². The average molecular weight is 558 g/mol. The van der Waals surface area contributed by atoms with Crippen LogP contribution in [0.4, 0.5) is 15.8 Å². The molecule has 13 heteroatoms. The third-order valence-electron chi connectivity index (χ3n) is 6.24. The van der Waals surface area contributed by atoms with E-state index in [1.165, 1.54) is 43.4 Å². The van der Waals surface area contributed by atoms with Gasteiger partial charge in [-0.3, -0.25) is 19.3 Å². The van der Waals surface area contributed by atoms with Crippen molar-refractivity contribution in [3.8, 4) is 11.5 Å². The van der Waals surface area contributed by atoms with Gasteiger partial charge in [0, 0.05) is 19.2 Å². The number of carbonyl (C=O) groups is 3. The molecule has 2 unspecified atom stereocenters. The Bertz CT molecular complexity index is 1360. The fourth-order valence-electron chi connectivity index (χ4n) is 4.27. The topological polar surface area (TPSA) is 159 Å². The Hall–Kier alpha value is -4.23. The van der Waals surface area contributed by atoms with Crippen molar-refractivity contribution in [1.82, 2.24) is 9.69 Å². The Labute approximate surface area is 228 Å². The van der Waals surface area contributed by atoms with Crippen LogP contribution in [0.5, 0.6) is 11.5 Å². The van der Waals surface area contributed by atoms with Crippen LogP contribution in [0.2, 0.25) is 0 Å². The number of nitrogen functional groups attached to an aromatic ring is 1. The number of methoxy groups -OCH3 is 2. The van der Waals surface area contributed by atoms with Crippen molar-refractivity contribution in [3.63, 3.8) is 0 Å². The first-order chi connectivity index (χ1) is 18.7. The Morgan fingerprint density at radius 2 is 1.95 bits per heavy atom. The first kappa shape index (κ1) is 27.8. The molecule has 2 atom stereocenters. The van der Waals surface area contributed by atoms with Crippen molar-refractivity contribution >= 4 is 40.6 Å². The summed E-state index contributed by atoms with van der Waals surface area (Å²) in [5.74, 6) is -2.07. The number of rotatable bonds is 10. The van der Waals surface area contributed by atoms with Crippen LogP contribution in [-0.4, -0.2) is 55.6 Å². The summed E-state index contributed by atoms with van der Waals surface area (Å²) in [6.07, 6.45) is 1.49. The van der Waals surface area contributed by atoms with E-state index >= 15 is 0 Å². The molecule has 1 aromatic heterocycles. The maximum absolute atomic E-state index is 14.2. The normalized spacial score (nSPS) is 15.4. The maximum Gasteiger partial charge on any atom is 0.273 e. The number of aromatic nitrogens is 1. The lowest BCUT2D eigenvalue weighted by atomic mass is 10.0. The number of nitrogens with one attached hydrogen (secondary N) is 1. The Morgan fingerprint density at radius 1 is 1.21 bits per heavy atom. The van der Waals surface area contributed by atoms with E-state index in [9.17, 15) is 18.8 Å². The molecule has 0 spiro atoms. The molecular weight excluding hydrogens is 529 g/mol. The van der Waals surface area contributed by atoms with E-state index in [0.29, 0.717) is 29.5 Å². The summed E-state index contributed by atoms with van der Waals surface area (Å²) >= 11 is 0.673. The van der Waals surface area contributed by atoms with Gasteiger partial charge in [0.2, 0.25) is 5.91 Å². The van der Waals surface area contributed by atoms with Crippen LogP contribution in [0.15, 0.2) is 42.5 Å². The van der Waals surface area contributed by atoms with Crippen molar-refractivity contribution in [2.75, 3.05) is 38.0 Å². The summed E-state index contributed by atoms with van der Waals surface area (Å²) in [7, 11) is 2.87. The fourth-order valence-corrected chi connectivity index (χ4v) is 5.01. The predicted octanol–water partition coefficient (Wildman–Crippen LogP) is 2.66. The van der Waals surface area contributed by atoms with E-state index in [1.54, 1.807) is 18.2 Å². The number of nitrogens with two attached hydrogens (primary N) is 2. The molecule has 3 aromatic rings. The molecule has 39 heavy (non-hydrogen) atoms. The molecule has 0 saturated carbocycles. The lowest BCUT2D eigenvalue weighted by Crippen LogP contribution is -2.45. The monoisotopic (exact) mass is 557 g/mol. The van der Waals surface area contributed by atoms with Crippen LogP contribution in [0.25, 0.3) is 0 Å². The third kappa shape index (κ3) is 5.94. The lowest BCUT2D eigenvalue weighted by molar-refractivity contribution is -0.123. The zero-order valence-electron chi connectivity index (χ0n) is 21.3. The highest BCUT2D eigenvalue weighted by Crippen LogP contribution is 2.39. The highest BCUT2D eigenvalue weighted by atomic mass is 32.1. The summed E-state index contributed by atoms with van der Waals surface area (Å²) in [4.78, 5) is 40.8. The molecule has 0 aliphatic carbocycles. The van der Waals surface area contributed by atoms with E-state index in [-0.39, 0.29) is 40.3 Å². The number of hydrogen-bond acceptors (Lipinski definition) is 9. The number of anilines is 2. The Kier molecular flexibility index (Phi) is 8.62. The second-order valence-electron chi connectivity index (χ2n) is 8.69. The highest BCUT2D eigenvalue weighted by Gasteiger charge is 2.38. The van der Waals surface area contributed by atoms with Crippen molar-refractivity contribution in [1.29, 1.82) is 0 Å². The summed E-state index contributed by atoms with van der Waals surface area (Å²) in [5.41, 5.74) is 11.5. The molecule has 1 aliphatic heterocycles. The largest absolute Gasteiger partial charge is 0.497 e. The minimum absolute atomic E-state index is 0.110. The third-order valence-corrected chi connectivity index (χ3v) is 7.09. The molecule has 11 nitrogen and oxygen atoms in total. The molecule has 2 heterocycles. The zero-order chi connectivity index (χ0) is 28.1. The van der Waals surface area contributed by atoms with Gasteiger partial charge in [-0.1, -0.05) is 12.1 Å². The number of carbonyl (C=O) groups excluding carboxylic acids is 3. The summed E-state index contributed by atoms with van der Waals surface area (Å²) in [6, 6.07) is 8.58. The number of amides is 3. The van der Waals surface area contributed by atoms with E-state index in [0.717, 1.165) is 12.8 Å². The van der Waals surface area contributed by atoms with E-state index < -0.39 is 29.6 Å². The number of hydrogen-bond donors (Lipinski definition) is 3. The number of nitrogens with zero attached hydrogens (tertiary/aromatic N) is 2.